The van der Waals surface area contributed by atoms with Gasteiger partial charge < -0.3 is 20.0 Å². The minimum Gasteiger partial charge on any atom is -0.369 e. The Morgan fingerprint density at radius 1 is 1.12 bits per heavy atom. The number of rotatable bonds is 5. The number of aryl methyl sites for hydroxylation is 1. The number of carbonyl (C=O) groups excluding carboxylic acids is 1. The van der Waals surface area contributed by atoms with E-state index in [4.69, 9.17) is 0 Å². The number of halogens is 3. The lowest BCUT2D eigenvalue weighted by Gasteiger charge is -2.36. The fraction of sp³-hybridized carbons (Fsp3) is 0.520. The molecular formula is C25H32F3N5O. The van der Waals surface area contributed by atoms with E-state index in [1.165, 1.54) is 12.3 Å². The molecule has 1 aromatic carbocycles. The van der Waals surface area contributed by atoms with Crippen LogP contribution in [0.1, 0.15) is 30.9 Å². The fourth-order valence-corrected chi connectivity index (χ4v) is 4.80. The van der Waals surface area contributed by atoms with Gasteiger partial charge >= 0.3 is 6.18 Å². The minimum absolute atomic E-state index is 0.101. The number of hydrogen-bond donors (Lipinski definition) is 1. The summed E-state index contributed by atoms with van der Waals surface area (Å²) in [6, 6.07) is 8.38. The van der Waals surface area contributed by atoms with E-state index in [0.717, 1.165) is 55.7 Å². The number of alkyl halides is 3. The van der Waals surface area contributed by atoms with Crippen LogP contribution in [0.2, 0.25) is 0 Å². The number of aromatic nitrogens is 1. The summed E-state index contributed by atoms with van der Waals surface area (Å²) in [5, 5.41) is 3.01. The van der Waals surface area contributed by atoms with Gasteiger partial charge in [0, 0.05) is 56.8 Å². The van der Waals surface area contributed by atoms with Crippen LogP contribution in [0.15, 0.2) is 36.5 Å². The second-order valence-corrected chi connectivity index (χ2v) is 9.07. The minimum atomic E-state index is -4.49. The highest BCUT2D eigenvalue weighted by Crippen LogP contribution is 2.36. The molecule has 0 aliphatic carbocycles. The SMILES string of the molecule is CCN1CCN(c2ccc(NC(=O)C3CCCN(c4ncccc4C(F)(F)F)C3)c(C)c2)CC1. The van der Waals surface area contributed by atoms with E-state index >= 15 is 0 Å². The molecule has 34 heavy (non-hydrogen) atoms. The highest BCUT2D eigenvalue weighted by atomic mass is 19.4. The lowest BCUT2D eigenvalue weighted by molar-refractivity contribution is -0.137. The van der Waals surface area contributed by atoms with Gasteiger partial charge in [0.2, 0.25) is 5.91 Å². The van der Waals surface area contributed by atoms with Crippen LogP contribution < -0.4 is 15.1 Å². The Morgan fingerprint density at radius 2 is 1.88 bits per heavy atom. The van der Waals surface area contributed by atoms with Crippen molar-refractivity contribution in [1.29, 1.82) is 0 Å². The molecule has 2 saturated heterocycles. The van der Waals surface area contributed by atoms with Crippen molar-refractivity contribution in [2.24, 2.45) is 5.92 Å². The molecule has 3 heterocycles. The molecule has 6 nitrogen and oxygen atoms in total. The second-order valence-electron chi connectivity index (χ2n) is 9.07. The predicted molar refractivity (Wildman–Crippen MR) is 128 cm³/mol. The van der Waals surface area contributed by atoms with Crippen molar-refractivity contribution in [2.75, 3.05) is 60.9 Å². The Labute approximate surface area is 198 Å². The molecular weight excluding hydrogens is 443 g/mol. The molecule has 1 unspecified atom stereocenters. The summed E-state index contributed by atoms with van der Waals surface area (Å²) in [4.78, 5) is 23.4. The number of nitrogens with zero attached hydrogens (tertiary/aromatic N) is 4. The third kappa shape index (κ3) is 5.46. The zero-order valence-corrected chi connectivity index (χ0v) is 19.7. The molecule has 2 aliphatic rings. The Kier molecular flexibility index (Phi) is 7.30. The van der Waals surface area contributed by atoms with Crippen LogP contribution in [0, 0.1) is 12.8 Å². The maximum absolute atomic E-state index is 13.4. The molecule has 0 spiro atoms. The van der Waals surface area contributed by atoms with Gasteiger partial charge in [0.15, 0.2) is 0 Å². The van der Waals surface area contributed by atoms with Crippen molar-refractivity contribution < 1.29 is 18.0 Å². The Morgan fingerprint density at radius 3 is 2.56 bits per heavy atom. The molecule has 1 amide bonds. The smallest absolute Gasteiger partial charge is 0.369 e. The van der Waals surface area contributed by atoms with Crippen LogP contribution in [-0.2, 0) is 11.0 Å². The summed E-state index contributed by atoms with van der Waals surface area (Å²) in [6.45, 7) is 9.90. The van der Waals surface area contributed by atoms with Crippen molar-refractivity contribution in [1.82, 2.24) is 9.88 Å². The first-order valence-corrected chi connectivity index (χ1v) is 11.9. The van der Waals surface area contributed by atoms with Gasteiger partial charge in [0.25, 0.3) is 0 Å². The maximum Gasteiger partial charge on any atom is 0.419 e. The van der Waals surface area contributed by atoms with Gasteiger partial charge in [-0.3, -0.25) is 4.79 Å². The molecule has 1 aromatic heterocycles. The standard InChI is InChI=1S/C25H32F3N5O/c1-3-31-12-14-32(15-13-31)20-8-9-22(18(2)16-20)30-24(34)19-6-5-11-33(17-19)23-21(25(26,27)28)7-4-10-29-23/h4,7-10,16,19H,3,5-6,11-15,17H2,1-2H3,(H,30,34). The van der Waals surface area contributed by atoms with Gasteiger partial charge in [-0.05, 0) is 62.2 Å². The Balaban J connectivity index is 1.41. The topological polar surface area (TPSA) is 51.7 Å². The van der Waals surface area contributed by atoms with Gasteiger partial charge in [-0.15, -0.1) is 0 Å². The van der Waals surface area contributed by atoms with E-state index in [-0.39, 0.29) is 18.3 Å². The average molecular weight is 476 g/mol. The van der Waals surface area contributed by atoms with Crippen LogP contribution in [0.5, 0.6) is 0 Å². The van der Waals surface area contributed by atoms with Crippen molar-refractivity contribution >= 4 is 23.1 Å². The van der Waals surface area contributed by atoms with Crippen molar-refractivity contribution in [3.63, 3.8) is 0 Å². The van der Waals surface area contributed by atoms with Crippen LogP contribution in [0.4, 0.5) is 30.4 Å². The Bertz CT molecular complexity index is 1000. The van der Waals surface area contributed by atoms with Crippen molar-refractivity contribution in [3.8, 4) is 0 Å². The molecule has 1 N–H and O–H groups in total. The second kappa shape index (κ2) is 10.2. The Hall–Kier alpha value is -2.81. The van der Waals surface area contributed by atoms with E-state index in [9.17, 15) is 18.0 Å². The number of pyridine rings is 1. The number of benzene rings is 1. The monoisotopic (exact) mass is 475 g/mol. The van der Waals surface area contributed by atoms with Crippen LogP contribution in [0.25, 0.3) is 0 Å². The number of carbonyl (C=O) groups is 1. The normalized spacial score (nSPS) is 19.9. The van der Waals surface area contributed by atoms with E-state index < -0.39 is 17.7 Å². The maximum atomic E-state index is 13.4. The lowest BCUT2D eigenvalue weighted by Crippen LogP contribution is -2.46. The number of amides is 1. The first-order valence-electron chi connectivity index (χ1n) is 11.9. The quantitative estimate of drug-likeness (QED) is 0.695. The molecule has 2 aliphatic heterocycles. The largest absolute Gasteiger partial charge is 0.419 e. The summed E-state index contributed by atoms with van der Waals surface area (Å²) in [5.74, 6) is -0.671. The van der Waals surface area contributed by atoms with Gasteiger partial charge in [-0.1, -0.05) is 6.92 Å². The molecule has 4 rings (SSSR count). The van der Waals surface area contributed by atoms with E-state index in [1.807, 2.05) is 19.1 Å². The van der Waals surface area contributed by atoms with Crippen molar-refractivity contribution in [3.05, 3.63) is 47.7 Å². The predicted octanol–water partition coefficient (Wildman–Crippen LogP) is 4.41. The number of piperazine rings is 1. The van der Waals surface area contributed by atoms with Crippen molar-refractivity contribution in [2.45, 2.75) is 32.9 Å². The summed E-state index contributed by atoms with van der Waals surface area (Å²) in [6.07, 6.45) is -1.86. The fourth-order valence-electron chi connectivity index (χ4n) is 4.80. The number of hydrogen-bond acceptors (Lipinski definition) is 5. The van der Waals surface area contributed by atoms with E-state index in [1.54, 1.807) is 4.90 Å². The molecule has 9 heteroatoms. The average Bonchev–Trinajstić information content (AvgIpc) is 2.85. The number of anilines is 3. The molecule has 184 valence electrons. The van der Waals surface area contributed by atoms with Gasteiger partial charge in [-0.2, -0.15) is 13.2 Å². The number of piperidine rings is 1. The summed E-state index contributed by atoms with van der Waals surface area (Å²) in [5.41, 5.74) is 2.10. The lowest BCUT2D eigenvalue weighted by atomic mass is 9.96. The molecule has 0 bridgehead atoms. The third-order valence-corrected chi connectivity index (χ3v) is 6.84. The molecule has 0 saturated carbocycles. The highest BCUT2D eigenvalue weighted by Gasteiger charge is 2.37. The summed E-state index contributed by atoms with van der Waals surface area (Å²) in [7, 11) is 0. The molecule has 0 radical (unpaired) electrons. The summed E-state index contributed by atoms with van der Waals surface area (Å²) >= 11 is 0. The zero-order chi connectivity index (χ0) is 24.3. The van der Waals surface area contributed by atoms with Crippen LogP contribution in [-0.4, -0.2) is 61.6 Å². The number of nitrogens with one attached hydrogen (secondary N) is 1. The van der Waals surface area contributed by atoms with Gasteiger partial charge in [0.05, 0.1) is 11.5 Å². The number of likely N-dealkylation sites (N-methyl/N-ethyl adjacent to an activating group) is 1. The van der Waals surface area contributed by atoms with Crippen LogP contribution in [0.3, 0.4) is 0 Å². The first-order chi connectivity index (χ1) is 16.3. The third-order valence-electron chi connectivity index (χ3n) is 6.84. The first kappa shape index (κ1) is 24.3. The van der Waals surface area contributed by atoms with E-state index in [0.29, 0.717) is 19.4 Å². The van der Waals surface area contributed by atoms with E-state index in [2.05, 4.69) is 33.1 Å². The molecule has 2 fully saturated rings. The summed E-state index contributed by atoms with van der Waals surface area (Å²) < 4.78 is 40.3. The van der Waals surface area contributed by atoms with Gasteiger partial charge in [-0.25, -0.2) is 4.98 Å². The van der Waals surface area contributed by atoms with Gasteiger partial charge in [0.1, 0.15) is 5.82 Å². The highest BCUT2D eigenvalue weighted by molar-refractivity contribution is 5.94. The van der Waals surface area contributed by atoms with Crippen LogP contribution >= 0.6 is 0 Å². The zero-order valence-electron chi connectivity index (χ0n) is 19.7. The molecule has 2 aromatic rings. The molecule has 1 atom stereocenters.